The summed E-state index contributed by atoms with van der Waals surface area (Å²) in [6, 6.07) is 0. The molecule has 2 saturated heterocycles. The van der Waals surface area contributed by atoms with Gasteiger partial charge in [-0.2, -0.15) is 4.31 Å². The largest absolute Gasteiger partial charge is 0.476 e. The van der Waals surface area contributed by atoms with Crippen LogP contribution in [0.25, 0.3) is 0 Å². The van der Waals surface area contributed by atoms with E-state index < -0.39 is 21.4 Å². The van der Waals surface area contributed by atoms with E-state index >= 15 is 0 Å². The van der Waals surface area contributed by atoms with E-state index in [0.717, 1.165) is 31.7 Å². The number of piperidine rings is 1. The van der Waals surface area contributed by atoms with E-state index in [4.69, 9.17) is 9.47 Å². The van der Waals surface area contributed by atoms with Crippen LogP contribution in [0.2, 0.25) is 0 Å². The molecule has 0 radical (unpaired) electrons. The zero-order valence-corrected chi connectivity index (χ0v) is 22.9. The highest BCUT2D eigenvalue weighted by molar-refractivity contribution is 7.89. The second-order valence-corrected chi connectivity index (χ2v) is 13.5. The molecule has 1 saturated carbocycles. The van der Waals surface area contributed by atoms with Gasteiger partial charge < -0.3 is 14.4 Å². The fourth-order valence-corrected chi connectivity index (χ4v) is 6.98. The summed E-state index contributed by atoms with van der Waals surface area (Å²) in [5.41, 5.74) is -0.194. The number of carbonyl (C=O) groups is 1. The second-order valence-electron chi connectivity index (χ2n) is 11.5. The molecule has 0 unspecified atom stereocenters. The molecule has 1 aromatic heterocycles. The smallest absolute Gasteiger partial charge is 0.302 e. The molecule has 10 nitrogen and oxygen atoms in total. The van der Waals surface area contributed by atoms with E-state index in [1.807, 2.05) is 4.90 Å². The molecule has 0 aromatic carbocycles. The number of likely N-dealkylation sites (tertiary alicyclic amines) is 1. The SMILES string of the molecule is CC(=O)OCC(C)(C)CS(=O)(=O)N1CCN(c2cnc(OCC3CCN(C4(C)CC4)CC3)cn2)CC1. The van der Waals surface area contributed by atoms with Gasteiger partial charge in [-0.15, -0.1) is 0 Å². The molecule has 0 atom stereocenters. The van der Waals surface area contributed by atoms with E-state index in [2.05, 4.69) is 21.8 Å². The Labute approximate surface area is 215 Å². The van der Waals surface area contributed by atoms with Crippen molar-refractivity contribution < 1.29 is 22.7 Å². The Hall–Kier alpha value is -1.98. The first-order valence-electron chi connectivity index (χ1n) is 13.0. The topological polar surface area (TPSA) is 105 Å². The van der Waals surface area contributed by atoms with Gasteiger partial charge in [-0.1, -0.05) is 13.8 Å². The number of hydrogen-bond acceptors (Lipinski definition) is 9. The normalized spacial score (nSPS) is 21.8. The lowest BCUT2D eigenvalue weighted by atomic mass is 9.96. The number of aromatic nitrogens is 2. The first-order valence-corrected chi connectivity index (χ1v) is 14.6. The van der Waals surface area contributed by atoms with Gasteiger partial charge in [0.05, 0.1) is 31.4 Å². The maximum absolute atomic E-state index is 12.9. The van der Waals surface area contributed by atoms with Crippen molar-refractivity contribution in [3.8, 4) is 5.88 Å². The second kappa shape index (κ2) is 10.8. The Kier molecular flexibility index (Phi) is 8.11. The van der Waals surface area contributed by atoms with Crippen LogP contribution in [-0.4, -0.2) is 97.3 Å². The van der Waals surface area contributed by atoms with Crippen LogP contribution in [0.1, 0.15) is 53.4 Å². The Balaban J connectivity index is 1.20. The van der Waals surface area contributed by atoms with Crippen molar-refractivity contribution in [2.45, 2.75) is 58.9 Å². The molecule has 202 valence electrons. The Bertz CT molecular complexity index is 996. The predicted molar refractivity (Wildman–Crippen MR) is 137 cm³/mol. The maximum Gasteiger partial charge on any atom is 0.302 e. The van der Waals surface area contributed by atoms with Gasteiger partial charge in [0.15, 0.2) is 0 Å². The molecule has 0 amide bonds. The van der Waals surface area contributed by atoms with Crippen molar-refractivity contribution in [1.29, 1.82) is 0 Å². The lowest BCUT2D eigenvalue weighted by Crippen LogP contribution is -2.51. The zero-order chi connectivity index (χ0) is 26.0. The molecule has 1 aliphatic carbocycles. The van der Waals surface area contributed by atoms with Gasteiger partial charge in [0, 0.05) is 44.1 Å². The average molecular weight is 524 g/mol. The van der Waals surface area contributed by atoms with E-state index in [1.165, 1.54) is 24.1 Å². The first kappa shape index (κ1) is 27.1. The summed E-state index contributed by atoms with van der Waals surface area (Å²) < 4.78 is 38.3. The molecule has 3 heterocycles. The highest BCUT2D eigenvalue weighted by atomic mass is 32.2. The van der Waals surface area contributed by atoms with E-state index in [1.54, 1.807) is 26.2 Å². The van der Waals surface area contributed by atoms with Crippen molar-refractivity contribution in [3.63, 3.8) is 0 Å². The van der Waals surface area contributed by atoms with Crippen LogP contribution in [-0.2, 0) is 19.6 Å². The molecule has 0 bridgehead atoms. The van der Waals surface area contributed by atoms with Gasteiger partial charge in [-0.25, -0.2) is 18.4 Å². The van der Waals surface area contributed by atoms with Crippen molar-refractivity contribution in [1.82, 2.24) is 19.2 Å². The van der Waals surface area contributed by atoms with Crippen LogP contribution in [0.15, 0.2) is 12.4 Å². The Morgan fingerprint density at radius 1 is 1.08 bits per heavy atom. The Morgan fingerprint density at radius 3 is 2.31 bits per heavy atom. The van der Waals surface area contributed by atoms with Crippen molar-refractivity contribution >= 4 is 21.8 Å². The van der Waals surface area contributed by atoms with Crippen LogP contribution < -0.4 is 9.64 Å². The first-order chi connectivity index (χ1) is 17.0. The third-order valence-corrected chi connectivity index (χ3v) is 9.93. The summed E-state index contributed by atoms with van der Waals surface area (Å²) in [5.74, 6) is 1.33. The molecular weight excluding hydrogens is 482 g/mol. The van der Waals surface area contributed by atoms with Crippen LogP contribution in [0.3, 0.4) is 0 Å². The number of nitrogens with zero attached hydrogens (tertiary/aromatic N) is 5. The summed E-state index contributed by atoms with van der Waals surface area (Å²) in [7, 11) is -3.47. The van der Waals surface area contributed by atoms with Gasteiger partial charge in [0.25, 0.3) is 0 Å². The minimum atomic E-state index is -3.47. The van der Waals surface area contributed by atoms with Crippen LogP contribution in [0.5, 0.6) is 5.88 Å². The van der Waals surface area contributed by atoms with Gasteiger partial charge in [-0.05, 0) is 51.6 Å². The summed E-state index contributed by atoms with van der Waals surface area (Å²) in [5, 5.41) is 0. The molecule has 0 N–H and O–H groups in total. The molecule has 36 heavy (non-hydrogen) atoms. The molecular formula is C25H41N5O5S. The molecule has 3 aliphatic rings. The fourth-order valence-electron chi connectivity index (χ4n) is 5.01. The monoisotopic (exact) mass is 523 g/mol. The molecule has 11 heteroatoms. The van der Waals surface area contributed by atoms with Crippen molar-refractivity contribution in [2.24, 2.45) is 11.3 Å². The number of ether oxygens (including phenoxy) is 2. The fraction of sp³-hybridized carbons (Fsp3) is 0.800. The van der Waals surface area contributed by atoms with Gasteiger partial charge >= 0.3 is 5.97 Å². The quantitative estimate of drug-likeness (QED) is 0.427. The minimum absolute atomic E-state index is 0.0720. The number of esters is 1. The van der Waals surface area contributed by atoms with Crippen LogP contribution in [0, 0.1) is 11.3 Å². The van der Waals surface area contributed by atoms with E-state index in [0.29, 0.717) is 50.1 Å². The molecule has 3 fully saturated rings. The zero-order valence-electron chi connectivity index (χ0n) is 22.1. The number of sulfonamides is 1. The lowest BCUT2D eigenvalue weighted by Gasteiger charge is -2.36. The van der Waals surface area contributed by atoms with Gasteiger partial charge in [-0.3, -0.25) is 9.69 Å². The van der Waals surface area contributed by atoms with Gasteiger partial charge in [0.1, 0.15) is 5.82 Å². The molecule has 2 aliphatic heterocycles. The minimum Gasteiger partial charge on any atom is -0.476 e. The number of carbonyl (C=O) groups excluding carboxylic acids is 1. The summed E-state index contributed by atoms with van der Waals surface area (Å²) in [6.07, 6.45) is 8.35. The van der Waals surface area contributed by atoms with Crippen LogP contribution in [0.4, 0.5) is 5.82 Å². The standard InChI is InChI=1S/C25H41N5O5S/c1-20(31)35-18-24(2,3)19-36(32,33)30-13-11-28(12-14-30)22-15-27-23(16-26-22)34-17-21-5-9-29(10-6-21)25(4)7-8-25/h15-16,21H,5-14,17-19H2,1-4H3. The molecule has 1 aromatic rings. The van der Waals surface area contributed by atoms with Crippen LogP contribution >= 0.6 is 0 Å². The highest BCUT2D eigenvalue weighted by Gasteiger charge is 2.44. The van der Waals surface area contributed by atoms with E-state index in [-0.39, 0.29) is 12.4 Å². The molecule has 0 spiro atoms. The van der Waals surface area contributed by atoms with E-state index in [9.17, 15) is 13.2 Å². The third-order valence-electron chi connectivity index (χ3n) is 7.63. The summed E-state index contributed by atoms with van der Waals surface area (Å²) in [4.78, 5) is 24.7. The average Bonchev–Trinajstić information content (AvgIpc) is 3.60. The lowest BCUT2D eigenvalue weighted by molar-refractivity contribution is -0.143. The summed E-state index contributed by atoms with van der Waals surface area (Å²) in [6.45, 7) is 12.2. The number of rotatable bonds is 10. The third kappa shape index (κ3) is 7.07. The maximum atomic E-state index is 12.9. The Morgan fingerprint density at radius 2 is 1.75 bits per heavy atom. The highest BCUT2D eigenvalue weighted by Crippen LogP contribution is 2.42. The summed E-state index contributed by atoms with van der Waals surface area (Å²) >= 11 is 0. The van der Waals surface area contributed by atoms with Crippen molar-refractivity contribution in [2.75, 3.05) is 63.1 Å². The molecule has 4 rings (SSSR count). The number of piperazine rings is 1. The number of hydrogen-bond donors (Lipinski definition) is 0. The van der Waals surface area contributed by atoms with Gasteiger partial charge in [0.2, 0.25) is 15.9 Å². The number of anilines is 1. The predicted octanol–water partition coefficient (Wildman–Crippen LogP) is 2.16. The van der Waals surface area contributed by atoms with Crippen molar-refractivity contribution in [3.05, 3.63) is 12.4 Å².